The number of carboxylic acid groups (broad SMARTS) is 1. The molecule has 1 heterocycles. The molecule has 2 bridgehead atoms. The minimum Gasteiger partial charge on any atom is -0.481 e. The van der Waals surface area contributed by atoms with Crippen LogP contribution < -0.4 is 5.32 Å². The standard InChI is InChI=1S/C20H20N2O3S/c1-10-3-5-12(6-4-10)17-11(2)26-20(21-17)22-18(23)15-13-7-8-14(9-13)16(15)19(24)25/h3-8,13-16H,9H2,1-2H3,(H,24,25)(H,21,22,23)/t13-,14+,15+,16+/m1/s1. The number of aryl methyl sites for hydroxylation is 2. The van der Waals surface area contributed by atoms with Crippen LogP contribution >= 0.6 is 11.3 Å². The summed E-state index contributed by atoms with van der Waals surface area (Å²) in [5.41, 5.74) is 3.04. The van der Waals surface area contributed by atoms with Gasteiger partial charge in [0.15, 0.2) is 5.13 Å². The number of carbonyl (C=O) groups is 2. The molecule has 1 amide bonds. The molecule has 6 heteroatoms. The number of aromatic nitrogens is 1. The van der Waals surface area contributed by atoms with E-state index in [9.17, 15) is 14.7 Å². The van der Waals surface area contributed by atoms with Gasteiger partial charge in [0.1, 0.15) is 0 Å². The summed E-state index contributed by atoms with van der Waals surface area (Å²) < 4.78 is 0. The van der Waals surface area contributed by atoms with Crippen LogP contribution in [0.3, 0.4) is 0 Å². The molecule has 4 atom stereocenters. The van der Waals surface area contributed by atoms with E-state index in [1.807, 2.05) is 50.3 Å². The average molecular weight is 368 g/mol. The zero-order valence-corrected chi connectivity index (χ0v) is 15.4. The number of hydrogen-bond acceptors (Lipinski definition) is 4. The molecule has 0 spiro atoms. The first-order valence-corrected chi connectivity index (χ1v) is 9.52. The number of carboxylic acids is 1. The van der Waals surface area contributed by atoms with Gasteiger partial charge >= 0.3 is 5.97 Å². The highest BCUT2D eigenvalue weighted by molar-refractivity contribution is 7.16. The van der Waals surface area contributed by atoms with Crippen molar-refractivity contribution in [2.24, 2.45) is 23.7 Å². The SMILES string of the molecule is Cc1ccc(-c2nc(NC(=O)[C@@H]3[C@@H](C(=O)O)[C@H]4C=C[C@@H]3C4)sc2C)cc1. The maximum Gasteiger partial charge on any atom is 0.307 e. The molecular weight excluding hydrogens is 348 g/mol. The average Bonchev–Trinajstić information content (AvgIpc) is 3.29. The maximum atomic E-state index is 12.8. The molecule has 2 N–H and O–H groups in total. The zero-order valence-electron chi connectivity index (χ0n) is 14.6. The second kappa shape index (κ2) is 6.36. The number of benzene rings is 1. The predicted molar refractivity (Wildman–Crippen MR) is 101 cm³/mol. The number of anilines is 1. The van der Waals surface area contributed by atoms with E-state index in [-0.39, 0.29) is 17.7 Å². The number of carbonyl (C=O) groups excluding carboxylic acids is 1. The highest BCUT2D eigenvalue weighted by Gasteiger charge is 2.51. The van der Waals surface area contributed by atoms with Gasteiger partial charge in [0, 0.05) is 10.4 Å². The lowest BCUT2D eigenvalue weighted by Crippen LogP contribution is -2.36. The summed E-state index contributed by atoms with van der Waals surface area (Å²) >= 11 is 1.42. The summed E-state index contributed by atoms with van der Waals surface area (Å²) in [6, 6.07) is 8.10. The highest BCUT2D eigenvalue weighted by Crippen LogP contribution is 2.48. The molecule has 0 radical (unpaired) electrons. The number of nitrogens with one attached hydrogen (secondary N) is 1. The quantitative estimate of drug-likeness (QED) is 0.803. The molecular formula is C20H20N2O3S. The van der Waals surface area contributed by atoms with Crippen LogP contribution in [0.15, 0.2) is 36.4 Å². The molecule has 0 aliphatic heterocycles. The van der Waals surface area contributed by atoms with Gasteiger partial charge in [0.25, 0.3) is 0 Å². The van der Waals surface area contributed by atoms with Crippen molar-refractivity contribution in [3.63, 3.8) is 0 Å². The first-order valence-electron chi connectivity index (χ1n) is 8.70. The van der Waals surface area contributed by atoms with E-state index in [4.69, 9.17) is 0 Å². The van der Waals surface area contributed by atoms with Crippen molar-refractivity contribution in [3.05, 3.63) is 46.9 Å². The number of nitrogens with zero attached hydrogens (tertiary/aromatic N) is 1. The van der Waals surface area contributed by atoms with Crippen LogP contribution in [0.5, 0.6) is 0 Å². The van der Waals surface area contributed by atoms with Crippen LogP contribution in [0.2, 0.25) is 0 Å². The first-order chi connectivity index (χ1) is 12.4. The van der Waals surface area contributed by atoms with Gasteiger partial charge in [-0.2, -0.15) is 0 Å². The van der Waals surface area contributed by atoms with Gasteiger partial charge in [-0.1, -0.05) is 42.0 Å². The summed E-state index contributed by atoms with van der Waals surface area (Å²) in [5.74, 6) is -2.30. The van der Waals surface area contributed by atoms with E-state index >= 15 is 0 Å². The Kier molecular flexibility index (Phi) is 4.15. The van der Waals surface area contributed by atoms with Crippen LogP contribution in [-0.2, 0) is 9.59 Å². The van der Waals surface area contributed by atoms with E-state index in [1.54, 1.807) is 0 Å². The van der Waals surface area contributed by atoms with Gasteiger partial charge in [-0.15, -0.1) is 11.3 Å². The molecule has 4 rings (SSSR count). The molecule has 1 saturated carbocycles. The third-order valence-electron chi connectivity index (χ3n) is 5.40. The van der Waals surface area contributed by atoms with E-state index in [2.05, 4.69) is 10.3 Å². The second-order valence-corrected chi connectivity index (χ2v) is 8.32. The number of allylic oxidation sites excluding steroid dienone is 2. The topological polar surface area (TPSA) is 79.3 Å². The number of rotatable bonds is 4. The lowest BCUT2D eigenvalue weighted by molar-refractivity contribution is -0.146. The lowest BCUT2D eigenvalue weighted by atomic mass is 9.82. The molecule has 2 aliphatic carbocycles. The summed E-state index contributed by atoms with van der Waals surface area (Å²) in [7, 11) is 0. The van der Waals surface area contributed by atoms with Crippen molar-refractivity contribution in [1.82, 2.24) is 4.98 Å². The fraction of sp³-hybridized carbons (Fsp3) is 0.350. The van der Waals surface area contributed by atoms with Crippen LogP contribution in [0.25, 0.3) is 11.3 Å². The Hall–Kier alpha value is -2.47. The van der Waals surface area contributed by atoms with Gasteiger partial charge in [-0.05, 0) is 32.1 Å². The van der Waals surface area contributed by atoms with Crippen molar-refractivity contribution in [2.75, 3.05) is 5.32 Å². The highest BCUT2D eigenvalue weighted by atomic mass is 32.1. The molecule has 1 aromatic heterocycles. The Bertz CT molecular complexity index is 900. The third kappa shape index (κ3) is 2.84. The summed E-state index contributed by atoms with van der Waals surface area (Å²) in [6.07, 6.45) is 4.68. The molecule has 1 aromatic carbocycles. The Morgan fingerprint density at radius 2 is 1.77 bits per heavy atom. The van der Waals surface area contributed by atoms with Gasteiger partial charge in [0.2, 0.25) is 5.91 Å². The van der Waals surface area contributed by atoms with Crippen LogP contribution in [0, 0.1) is 37.5 Å². The Morgan fingerprint density at radius 1 is 1.12 bits per heavy atom. The monoisotopic (exact) mass is 368 g/mol. The number of amides is 1. The van der Waals surface area contributed by atoms with Crippen LogP contribution in [-0.4, -0.2) is 22.0 Å². The minimum absolute atomic E-state index is 0.0127. The molecule has 5 nitrogen and oxygen atoms in total. The fourth-order valence-corrected chi connectivity index (χ4v) is 4.97. The van der Waals surface area contributed by atoms with E-state index in [0.717, 1.165) is 22.6 Å². The summed E-state index contributed by atoms with van der Waals surface area (Å²) in [4.78, 5) is 30.0. The predicted octanol–water partition coefficient (Wildman–Crippen LogP) is 3.89. The largest absolute Gasteiger partial charge is 0.481 e. The Labute approximate surface area is 155 Å². The second-order valence-electron chi connectivity index (χ2n) is 7.12. The summed E-state index contributed by atoms with van der Waals surface area (Å²) in [5, 5.41) is 12.9. The van der Waals surface area contributed by atoms with Gasteiger partial charge < -0.3 is 10.4 Å². The first kappa shape index (κ1) is 17.0. The van der Waals surface area contributed by atoms with Gasteiger partial charge in [-0.25, -0.2) is 4.98 Å². The van der Waals surface area contributed by atoms with Crippen molar-refractivity contribution in [2.45, 2.75) is 20.3 Å². The lowest BCUT2D eigenvalue weighted by Gasteiger charge is -2.23. The Morgan fingerprint density at radius 3 is 2.42 bits per heavy atom. The van der Waals surface area contributed by atoms with Crippen molar-refractivity contribution >= 4 is 28.3 Å². The minimum atomic E-state index is -0.891. The van der Waals surface area contributed by atoms with Crippen molar-refractivity contribution in [3.8, 4) is 11.3 Å². The molecule has 1 fully saturated rings. The van der Waals surface area contributed by atoms with Gasteiger partial charge in [-0.3, -0.25) is 9.59 Å². The molecule has 134 valence electrons. The fourth-order valence-electron chi connectivity index (χ4n) is 4.13. The summed E-state index contributed by atoms with van der Waals surface area (Å²) in [6.45, 7) is 4.01. The van der Waals surface area contributed by atoms with E-state index < -0.39 is 17.8 Å². The molecule has 2 aromatic rings. The molecule has 0 unspecified atom stereocenters. The van der Waals surface area contributed by atoms with Crippen molar-refractivity contribution in [1.29, 1.82) is 0 Å². The van der Waals surface area contributed by atoms with Gasteiger partial charge in [0.05, 0.1) is 17.5 Å². The van der Waals surface area contributed by atoms with Crippen LogP contribution in [0.1, 0.15) is 16.9 Å². The molecule has 2 aliphatic rings. The zero-order chi connectivity index (χ0) is 18.4. The number of thiazole rings is 1. The van der Waals surface area contributed by atoms with Crippen LogP contribution in [0.4, 0.5) is 5.13 Å². The number of aliphatic carboxylic acids is 1. The normalized spacial score (nSPS) is 26.2. The molecule has 26 heavy (non-hydrogen) atoms. The van der Waals surface area contributed by atoms with E-state index in [0.29, 0.717) is 5.13 Å². The smallest absolute Gasteiger partial charge is 0.307 e. The van der Waals surface area contributed by atoms with E-state index in [1.165, 1.54) is 16.9 Å². The van der Waals surface area contributed by atoms with Crippen molar-refractivity contribution < 1.29 is 14.7 Å². The number of fused-ring (bicyclic) bond motifs is 2. The third-order valence-corrected chi connectivity index (χ3v) is 6.29. The molecule has 0 saturated heterocycles. The number of hydrogen-bond donors (Lipinski definition) is 2. The maximum absolute atomic E-state index is 12.8. The Balaban J connectivity index is 1.55.